The van der Waals surface area contributed by atoms with E-state index < -0.39 is 0 Å². The number of aryl methyl sites for hydroxylation is 1. The zero-order chi connectivity index (χ0) is 17.4. The van der Waals surface area contributed by atoms with Crippen LogP contribution in [0.15, 0.2) is 42.6 Å². The molecule has 0 unspecified atom stereocenters. The Morgan fingerprint density at radius 2 is 1.88 bits per heavy atom. The van der Waals surface area contributed by atoms with Gasteiger partial charge in [0.1, 0.15) is 0 Å². The molecule has 25 heavy (non-hydrogen) atoms. The van der Waals surface area contributed by atoms with Gasteiger partial charge in [-0.05, 0) is 44.0 Å². The van der Waals surface area contributed by atoms with Crippen molar-refractivity contribution in [2.75, 3.05) is 18.0 Å². The summed E-state index contributed by atoms with van der Waals surface area (Å²) in [7, 11) is 0. The van der Waals surface area contributed by atoms with Gasteiger partial charge in [0.15, 0.2) is 0 Å². The maximum Gasteiger partial charge on any atom is 0.260 e. The fraction of sp³-hybridized carbons (Fsp3) is 0.350. The molecule has 0 spiro atoms. The number of hydrogen-bond acceptors (Lipinski definition) is 3. The van der Waals surface area contributed by atoms with E-state index in [0.29, 0.717) is 11.3 Å². The van der Waals surface area contributed by atoms with Crippen molar-refractivity contribution in [3.05, 3.63) is 59.4 Å². The molecule has 4 rings (SSSR count). The largest absolute Gasteiger partial charge is 0.343 e. The highest BCUT2D eigenvalue weighted by molar-refractivity contribution is 6.11. The molecular weight excluding hydrogens is 314 g/mol. The van der Waals surface area contributed by atoms with E-state index in [-0.39, 0.29) is 24.3 Å². The molecule has 0 aliphatic carbocycles. The molecule has 5 nitrogen and oxygen atoms in total. The quantitative estimate of drug-likeness (QED) is 0.866. The minimum Gasteiger partial charge on any atom is -0.343 e. The molecule has 0 saturated carbocycles. The Bertz CT molecular complexity index is 810. The summed E-state index contributed by atoms with van der Waals surface area (Å²) in [6.45, 7) is 3.65. The highest BCUT2D eigenvalue weighted by Gasteiger charge is 2.40. The van der Waals surface area contributed by atoms with E-state index in [0.717, 1.165) is 37.2 Å². The monoisotopic (exact) mass is 335 g/mol. The van der Waals surface area contributed by atoms with Crippen LogP contribution in [0.1, 0.15) is 46.9 Å². The minimum atomic E-state index is -0.334. The summed E-state index contributed by atoms with van der Waals surface area (Å²) in [6, 6.07) is 11.1. The normalized spacial score (nSPS) is 19.4. The average molecular weight is 335 g/mol. The van der Waals surface area contributed by atoms with E-state index in [1.54, 1.807) is 23.2 Å². The third-order valence-corrected chi connectivity index (χ3v) is 5.05. The van der Waals surface area contributed by atoms with E-state index >= 15 is 0 Å². The number of amides is 2. The summed E-state index contributed by atoms with van der Waals surface area (Å²) in [5, 5.41) is 0. The van der Waals surface area contributed by atoms with Crippen LogP contribution in [0.2, 0.25) is 0 Å². The number of pyridine rings is 1. The lowest BCUT2D eigenvalue weighted by Crippen LogP contribution is -2.34. The van der Waals surface area contributed by atoms with Gasteiger partial charge < -0.3 is 4.90 Å². The van der Waals surface area contributed by atoms with Crippen molar-refractivity contribution < 1.29 is 9.59 Å². The molecule has 1 saturated heterocycles. The van der Waals surface area contributed by atoms with Gasteiger partial charge in [0.2, 0.25) is 5.91 Å². The lowest BCUT2D eigenvalue weighted by molar-refractivity contribution is -0.130. The summed E-state index contributed by atoms with van der Waals surface area (Å²) >= 11 is 0. The molecule has 1 aromatic heterocycles. The zero-order valence-corrected chi connectivity index (χ0v) is 14.3. The Morgan fingerprint density at radius 3 is 2.60 bits per heavy atom. The summed E-state index contributed by atoms with van der Waals surface area (Å²) in [5.74, 6) is 0.0251. The molecule has 1 fully saturated rings. The van der Waals surface area contributed by atoms with Crippen LogP contribution in [0.25, 0.3) is 0 Å². The van der Waals surface area contributed by atoms with Gasteiger partial charge in [0.25, 0.3) is 5.91 Å². The number of anilines is 1. The molecule has 2 aliphatic rings. The summed E-state index contributed by atoms with van der Waals surface area (Å²) < 4.78 is 0. The topological polar surface area (TPSA) is 53.5 Å². The Kier molecular flexibility index (Phi) is 3.99. The van der Waals surface area contributed by atoms with Crippen LogP contribution in [0.4, 0.5) is 5.69 Å². The van der Waals surface area contributed by atoms with Crippen LogP contribution < -0.4 is 4.90 Å². The second-order valence-corrected chi connectivity index (χ2v) is 6.75. The molecule has 1 atom stereocenters. The number of carbonyl (C=O) groups excluding carboxylic acids is 2. The van der Waals surface area contributed by atoms with Crippen molar-refractivity contribution in [1.82, 2.24) is 9.88 Å². The Labute approximate surface area is 147 Å². The van der Waals surface area contributed by atoms with E-state index in [2.05, 4.69) is 4.98 Å². The fourth-order valence-corrected chi connectivity index (χ4v) is 3.71. The van der Waals surface area contributed by atoms with Crippen molar-refractivity contribution >= 4 is 17.5 Å². The first-order chi connectivity index (χ1) is 12.1. The third-order valence-electron chi connectivity index (χ3n) is 5.05. The average Bonchev–Trinajstić information content (AvgIpc) is 3.25. The van der Waals surface area contributed by atoms with E-state index in [1.807, 2.05) is 36.1 Å². The van der Waals surface area contributed by atoms with Gasteiger partial charge in [0.05, 0.1) is 23.7 Å². The van der Waals surface area contributed by atoms with Crippen molar-refractivity contribution in [2.45, 2.75) is 32.2 Å². The number of likely N-dealkylation sites (tertiary alicyclic amines) is 1. The van der Waals surface area contributed by atoms with Crippen LogP contribution in [0.5, 0.6) is 0 Å². The van der Waals surface area contributed by atoms with Gasteiger partial charge in [-0.15, -0.1) is 0 Å². The van der Waals surface area contributed by atoms with Crippen molar-refractivity contribution in [1.29, 1.82) is 0 Å². The molecule has 128 valence electrons. The summed E-state index contributed by atoms with van der Waals surface area (Å²) in [6.07, 6.45) is 4.10. The van der Waals surface area contributed by atoms with Crippen LogP contribution >= 0.6 is 0 Å². The molecule has 1 aromatic carbocycles. The molecule has 0 N–H and O–H groups in total. The number of carbonyl (C=O) groups is 2. The van der Waals surface area contributed by atoms with Crippen LogP contribution in [-0.2, 0) is 4.79 Å². The van der Waals surface area contributed by atoms with Gasteiger partial charge >= 0.3 is 0 Å². The molecular formula is C20H21N3O2. The number of rotatable bonds is 3. The maximum atomic E-state index is 13.0. The standard InChI is InChI=1S/C20H21N3O2/c1-14-6-8-15(9-7-14)23-17(13-18(24)22-11-2-3-12-22)19-16(20(23)25)5-4-10-21-19/h4-10,17H,2-3,11-13H2,1H3/t17-/m0/s1. The van der Waals surface area contributed by atoms with Gasteiger partial charge in [-0.25, -0.2) is 0 Å². The van der Waals surface area contributed by atoms with E-state index in [4.69, 9.17) is 0 Å². The first-order valence-corrected chi connectivity index (χ1v) is 8.78. The van der Waals surface area contributed by atoms with E-state index in [1.165, 1.54) is 0 Å². The van der Waals surface area contributed by atoms with Crippen LogP contribution in [0.3, 0.4) is 0 Å². The second kappa shape index (κ2) is 6.31. The lowest BCUT2D eigenvalue weighted by Gasteiger charge is -2.26. The number of aromatic nitrogens is 1. The maximum absolute atomic E-state index is 13.0. The molecule has 5 heteroatoms. The van der Waals surface area contributed by atoms with Crippen molar-refractivity contribution in [2.24, 2.45) is 0 Å². The Hall–Kier alpha value is -2.69. The SMILES string of the molecule is Cc1ccc(N2C(=O)c3cccnc3[C@@H]2CC(=O)N2CCCC2)cc1. The molecule has 0 radical (unpaired) electrons. The van der Waals surface area contributed by atoms with Crippen LogP contribution in [-0.4, -0.2) is 34.8 Å². The number of fused-ring (bicyclic) bond motifs is 1. The highest BCUT2D eigenvalue weighted by Crippen LogP contribution is 2.38. The predicted octanol–water partition coefficient (Wildman–Crippen LogP) is 3.10. The molecule has 3 heterocycles. The predicted molar refractivity (Wildman–Crippen MR) is 95.4 cm³/mol. The van der Waals surface area contributed by atoms with Gasteiger partial charge in [0, 0.05) is 25.0 Å². The molecule has 0 bridgehead atoms. The zero-order valence-electron chi connectivity index (χ0n) is 14.3. The molecule has 2 aliphatic heterocycles. The third kappa shape index (κ3) is 2.80. The number of nitrogens with zero attached hydrogens (tertiary/aromatic N) is 3. The minimum absolute atomic E-state index is 0.0776. The summed E-state index contributed by atoms with van der Waals surface area (Å²) in [4.78, 5) is 33.7. The van der Waals surface area contributed by atoms with Crippen LogP contribution in [0, 0.1) is 6.92 Å². The Balaban J connectivity index is 1.69. The number of hydrogen-bond donors (Lipinski definition) is 0. The van der Waals surface area contributed by atoms with Gasteiger partial charge in [-0.3, -0.25) is 19.5 Å². The second-order valence-electron chi connectivity index (χ2n) is 6.75. The molecule has 2 aromatic rings. The number of benzene rings is 1. The molecule has 2 amide bonds. The van der Waals surface area contributed by atoms with E-state index in [9.17, 15) is 9.59 Å². The first-order valence-electron chi connectivity index (χ1n) is 8.78. The van der Waals surface area contributed by atoms with Crippen molar-refractivity contribution in [3.63, 3.8) is 0 Å². The Morgan fingerprint density at radius 1 is 1.16 bits per heavy atom. The van der Waals surface area contributed by atoms with Crippen molar-refractivity contribution in [3.8, 4) is 0 Å². The smallest absolute Gasteiger partial charge is 0.260 e. The van der Waals surface area contributed by atoms with Gasteiger partial charge in [-0.1, -0.05) is 17.7 Å². The fourth-order valence-electron chi connectivity index (χ4n) is 3.71. The summed E-state index contributed by atoms with van der Waals surface area (Å²) in [5.41, 5.74) is 3.26. The lowest BCUT2D eigenvalue weighted by atomic mass is 10.1. The van der Waals surface area contributed by atoms with Gasteiger partial charge in [-0.2, -0.15) is 0 Å². The first kappa shape index (κ1) is 15.8. The highest BCUT2D eigenvalue weighted by atomic mass is 16.2.